The van der Waals surface area contributed by atoms with Gasteiger partial charge in [0, 0.05) is 0 Å². The Bertz CT molecular complexity index is 444. The van der Waals surface area contributed by atoms with Crippen LogP contribution < -0.4 is 5.46 Å². The molecule has 0 aliphatic carbocycles. The van der Waals surface area contributed by atoms with Gasteiger partial charge in [0.1, 0.15) is 0 Å². The van der Waals surface area contributed by atoms with Gasteiger partial charge in [-0.15, -0.1) is 0 Å². The zero-order valence-corrected chi connectivity index (χ0v) is 12.3. The van der Waals surface area contributed by atoms with Crippen molar-refractivity contribution in [3.8, 4) is 0 Å². The monoisotopic (exact) mass is 241 g/mol. The van der Waals surface area contributed by atoms with Crippen LogP contribution >= 0.6 is 0 Å². The Morgan fingerprint density at radius 1 is 1.22 bits per heavy atom. The molecule has 0 aliphatic heterocycles. The summed E-state index contributed by atoms with van der Waals surface area (Å²) in [5, 5.41) is 0. The van der Waals surface area contributed by atoms with Crippen molar-refractivity contribution in [2.24, 2.45) is 0 Å². The van der Waals surface area contributed by atoms with Gasteiger partial charge >= 0.3 is 112 Å². The van der Waals surface area contributed by atoms with Gasteiger partial charge in [0.05, 0.1) is 0 Å². The van der Waals surface area contributed by atoms with Crippen LogP contribution in [-0.4, -0.2) is 38.4 Å². The van der Waals surface area contributed by atoms with Crippen LogP contribution in [0.3, 0.4) is 0 Å². The summed E-state index contributed by atoms with van der Waals surface area (Å²) in [5.74, 6) is 2.10. The molecule has 18 heavy (non-hydrogen) atoms. The Morgan fingerprint density at radius 3 is 2.50 bits per heavy atom. The number of allylic oxidation sites excluding steroid dienone is 1. The van der Waals surface area contributed by atoms with Crippen molar-refractivity contribution >= 4 is 23.9 Å². The van der Waals surface area contributed by atoms with E-state index in [4.69, 9.17) is 0 Å². The Labute approximate surface area is 112 Å². The fourth-order valence-electron chi connectivity index (χ4n) is 1.97. The predicted molar refractivity (Wildman–Crippen MR) is 85.0 cm³/mol. The van der Waals surface area contributed by atoms with Crippen LogP contribution in [-0.2, 0) is 0 Å². The number of benzene rings is 1. The van der Waals surface area contributed by atoms with E-state index in [0.717, 1.165) is 13.0 Å². The van der Waals surface area contributed by atoms with Gasteiger partial charge in [-0.05, 0) is 0 Å². The maximum absolute atomic E-state index is 2.24. The molecule has 0 radical (unpaired) electrons. The average molecular weight is 241 g/mol. The van der Waals surface area contributed by atoms with Gasteiger partial charge in [-0.25, -0.2) is 0 Å². The van der Waals surface area contributed by atoms with Crippen molar-refractivity contribution < 1.29 is 0 Å². The molecule has 1 aromatic carbocycles. The van der Waals surface area contributed by atoms with E-state index in [-0.39, 0.29) is 0 Å². The van der Waals surface area contributed by atoms with E-state index in [1.807, 2.05) is 0 Å². The summed E-state index contributed by atoms with van der Waals surface area (Å²) in [6.07, 6.45) is 1.13. The molecule has 0 fully saturated rings. The topological polar surface area (TPSA) is 3.24 Å². The summed E-state index contributed by atoms with van der Waals surface area (Å²) in [5.41, 5.74) is 5.54. The van der Waals surface area contributed by atoms with Crippen LogP contribution in [0.4, 0.5) is 0 Å². The van der Waals surface area contributed by atoms with Gasteiger partial charge in [-0.1, -0.05) is 0 Å². The molecular weight excluding hydrogens is 217 g/mol. The first-order valence-corrected chi connectivity index (χ1v) is 6.59. The predicted octanol–water partition coefficient (Wildman–Crippen LogP) is 2.58. The van der Waals surface area contributed by atoms with Crippen molar-refractivity contribution in [2.45, 2.75) is 27.2 Å². The van der Waals surface area contributed by atoms with Gasteiger partial charge < -0.3 is 0 Å². The first-order chi connectivity index (χ1) is 8.56. The van der Waals surface area contributed by atoms with E-state index < -0.39 is 0 Å². The van der Waals surface area contributed by atoms with E-state index in [0.29, 0.717) is 0 Å². The first-order valence-electron chi connectivity index (χ1n) is 6.59. The second-order valence-corrected chi connectivity index (χ2v) is 5.05. The third-order valence-corrected chi connectivity index (χ3v) is 3.29. The quantitative estimate of drug-likeness (QED) is 0.716. The molecule has 0 aliphatic rings. The van der Waals surface area contributed by atoms with Crippen molar-refractivity contribution in [3.05, 3.63) is 35.4 Å². The standard InChI is InChI=1S/C16H24BN/c1-6-17-16-10-8-7-9-15(16)14(3)13(2)11-12-18(4)5/h6-10H,11-12H2,1-5H3/b14-13-. The van der Waals surface area contributed by atoms with Crippen molar-refractivity contribution in [2.75, 3.05) is 20.6 Å². The average Bonchev–Trinajstić information content (AvgIpc) is 2.36. The molecule has 0 spiro atoms. The van der Waals surface area contributed by atoms with Crippen LogP contribution in [0, 0.1) is 0 Å². The van der Waals surface area contributed by atoms with Gasteiger partial charge in [0.2, 0.25) is 0 Å². The van der Waals surface area contributed by atoms with Crippen molar-refractivity contribution in [1.29, 1.82) is 0 Å². The number of rotatable bonds is 5. The molecule has 0 amide bonds. The molecule has 0 unspecified atom stereocenters. The van der Waals surface area contributed by atoms with E-state index in [1.54, 1.807) is 0 Å². The fourth-order valence-corrected chi connectivity index (χ4v) is 1.97. The van der Waals surface area contributed by atoms with Crippen molar-refractivity contribution in [3.63, 3.8) is 0 Å². The van der Waals surface area contributed by atoms with E-state index in [9.17, 15) is 0 Å². The summed E-state index contributed by atoms with van der Waals surface area (Å²) in [6.45, 7) is 9.82. The van der Waals surface area contributed by atoms with Gasteiger partial charge in [0.25, 0.3) is 0 Å². The zero-order chi connectivity index (χ0) is 13.5. The van der Waals surface area contributed by atoms with Gasteiger partial charge in [0.15, 0.2) is 0 Å². The van der Waals surface area contributed by atoms with Crippen LogP contribution in [0.25, 0.3) is 5.57 Å². The molecule has 0 saturated carbocycles. The summed E-state index contributed by atoms with van der Waals surface area (Å²) >= 11 is 0. The molecule has 1 nitrogen and oxygen atoms in total. The third-order valence-electron chi connectivity index (χ3n) is 3.29. The first kappa shape index (κ1) is 14.9. The second-order valence-electron chi connectivity index (χ2n) is 5.05. The molecule has 0 atom stereocenters. The molecule has 0 heterocycles. The summed E-state index contributed by atoms with van der Waals surface area (Å²) in [7, 11) is 4.24. The van der Waals surface area contributed by atoms with Crippen LogP contribution in [0.5, 0.6) is 0 Å². The van der Waals surface area contributed by atoms with Gasteiger partial charge in [-0.2, -0.15) is 0 Å². The Balaban J connectivity index is 3.01. The van der Waals surface area contributed by atoms with E-state index >= 15 is 0 Å². The molecule has 1 rings (SSSR count). The minimum atomic E-state index is 1.11. The summed E-state index contributed by atoms with van der Waals surface area (Å²) in [6, 6.07) is 8.61. The molecular formula is C16H24BN. The second kappa shape index (κ2) is 7.32. The molecule has 0 bridgehead atoms. The van der Waals surface area contributed by atoms with E-state index in [1.165, 1.54) is 22.2 Å². The fraction of sp³-hybridized carbons (Fsp3) is 0.438. The SMILES string of the molecule is CC=Bc1ccccc1/C(C)=C(/C)CCN(C)C. The molecule has 96 valence electrons. The van der Waals surface area contributed by atoms with Crippen LogP contribution in [0.1, 0.15) is 32.8 Å². The number of hydrogen-bond donors (Lipinski definition) is 0. The Morgan fingerprint density at radius 2 is 1.89 bits per heavy atom. The molecule has 0 N–H and O–H groups in total. The molecule has 0 saturated heterocycles. The van der Waals surface area contributed by atoms with Crippen molar-refractivity contribution in [1.82, 2.24) is 4.90 Å². The van der Waals surface area contributed by atoms with E-state index in [2.05, 4.69) is 76.9 Å². The van der Waals surface area contributed by atoms with Crippen LogP contribution in [0.15, 0.2) is 29.8 Å². The number of hydrogen-bond acceptors (Lipinski definition) is 1. The maximum atomic E-state index is 2.24. The zero-order valence-electron chi connectivity index (χ0n) is 12.3. The van der Waals surface area contributed by atoms with Crippen LogP contribution in [0.2, 0.25) is 0 Å². The summed E-state index contributed by atoms with van der Waals surface area (Å²) in [4.78, 5) is 2.23. The molecule has 2 heteroatoms. The molecule has 0 aromatic heterocycles. The Kier molecular flexibility index (Phi) is 6.07. The van der Waals surface area contributed by atoms with Gasteiger partial charge in [-0.3, -0.25) is 0 Å². The Hall–Kier alpha value is -1.15. The normalized spacial score (nSPS) is 12.8. The molecule has 1 aromatic rings. The number of nitrogens with zero attached hydrogens (tertiary/aromatic N) is 1. The summed E-state index contributed by atoms with van der Waals surface area (Å²) < 4.78 is 0. The third kappa shape index (κ3) is 4.27. The minimum absolute atomic E-state index is 1.11.